The highest BCUT2D eigenvalue weighted by Crippen LogP contribution is 2.22. The van der Waals surface area contributed by atoms with Crippen LogP contribution < -0.4 is 4.57 Å². The predicted molar refractivity (Wildman–Crippen MR) is 54.8 cm³/mol. The van der Waals surface area contributed by atoms with E-state index in [0.717, 1.165) is 16.6 Å². The lowest BCUT2D eigenvalue weighted by atomic mass is 10.2. The van der Waals surface area contributed by atoms with Crippen LogP contribution in [0.2, 0.25) is 5.02 Å². The highest BCUT2D eigenvalue weighted by atomic mass is 35.5. The maximum Gasteiger partial charge on any atom is 0.214 e. The van der Waals surface area contributed by atoms with E-state index < -0.39 is 0 Å². The van der Waals surface area contributed by atoms with Crippen LogP contribution in [-0.4, -0.2) is 0 Å². The van der Waals surface area contributed by atoms with Gasteiger partial charge in [0.05, 0.1) is 10.4 Å². The van der Waals surface area contributed by atoms with Crippen LogP contribution in [0.1, 0.15) is 5.69 Å². The Kier molecular flexibility index (Phi) is 2.16. The lowest BCUT2D eigenvalue weighted by molar-refractivity contribution is -0.651. The first-order valence-electron chi connectivity index (χ1n) is 4.34. The Balaban J connectivity index is 2.94. The van der Waals surface area contributed by atoms with Crippen molar-refractivity contribution in [3.8, 4) is 0 Å². The van der Waals surface area contributed by atoms with Gasteiger partial charge < -0.3 is 0 Å². The fourth-order valence-corrected chi connectivity index (χ4v) is 1.85. The molecule has 1 aromatic heterocycles. The predicted octanol–water partition coefficient (Wildman–Crippen LogP) is 2.77. The average Bonchev–Trinajstić information content (AvgIpc) is 2.14. The Labute approximate surface area is 86.7 Å². The van der Waals surface area contributed by atoms with Crippen molar-refractivity contribution in [2.24, 2.45) is 7.05 Å². The smallest absolute Gasteiger partial charge is 0.207 e. The van der Waals surface area contributed by atoms with Crippen LogP contribution in [0.4, 0.5) is 4.39 Å². The number of hydrogen-bond acceptors (Lipinski definition) is 0. The minimum atomic E-state index is -0.261. The lowest BCUT2D eigenvalue weighted by Crippen LogP contribution is -2.32. The summed E-state index contributed by atoms with van der Waals surface area (Å²) in [5.41, 5.74) is 1.99. The molecule has 2 rings (SSSR count). The molecule has 3 heteroatoms. The molecular formula is C11H10ClFN+. The van der Waals surface area contributed by atoms with Crippen molar-refractivity contribution in [2.75, 3.05) is 0 Å². The van der Waals surface area contributed by atoms with Gasteiger partial charge in [0.2, 0.25) is 5.52 Å². The lowest BCUT2D eigenvalue weighted by Gasteiger charge is -2.01. The summed E-state index contributed by atoms with van der Waals surface area (Å²) < 4.78 is 15.0. The Bertz CT molecular complexity index is 508. The summed E-state index contributed by atoms with van der Waals surface area (Å²) in [5.74, 6) is -0.261. The number of fused-ring (bicyclic) bond motifs is 1. The largest absolute Gasteiger partial charge is 0.214 e. The second-order valence-corrected chi connectivity index (χ2v) is 3.76. The number of rotatable bonds is 0. The summed E-state index contributed by atoms with van der Waals surface area (Å²) in [6, 6.07) is 6.47. The van der Waals surface area contributed by atoms with Crippen molar-refractivity contribution in [1.82, 2.24) is 0 Å². The van der Waals surface area contributed by atoms with E-state index in [2.05, 4.69) is 0 Å². The maximum atomic E-state index is 13.0. The third-order valence-electron chi connectivity index (χ3n) is 2.44. The first-order chi connectivity index (χ1) is 6.59. The number of halogens is 2. The van der Waals surface area contributed by atoms with E-state index in [9.17, 15) is 4.39 Å². The van der Waals surface area contributed by atoms with E-state index in [1.54, 1.807) is 6.07 Å². The van der Waals surface area contributed by atoms with Crippen LogP contribution >= 0.6 is 11.6 Å². The van der Waals surface area contributed by atoms with Gasteiger partial charge in [0.1, 0.15) is 12.9 Å². The van der Waals surface area contributed by atoms with Crippen molar-refractivity contribution < 1.29 is 8.96 Å². The number of benzene rings is 1. The third kappa shape index (κ3) is 1.36. The van der Waals surface area contributed by atoms with Crippen LogP contribution in [-0.2, 0) is 7.05 Å². The quantitative estimate of drug-likeness (QED) is 0.589. The summed E-state index contributed by atoms with van der Waals surface area (Å²) >= 11 is 6.03. The molecule has 14 heavy (non-hydrogen) atoms. The molecule has 1 heterocycles. The molecule has 0 aliphatic carbocycles. The van der Waals surface area contributed by atoms with E-state index >= 15 is 0 Å². The summed E-state index contributed by atoms with van der Waals surface area (Å²) in [5, 5.41) is 1.34. The molecule has 0 bridgehead atoms. The molecule has 0 saturated heterocycles. The monoisotopic (exact) mass is 210 g/mol. The van der Waals surface area contributed by atoms with E-state index in [1.165, 1.54) is 12.1 Å². The molecule has 0 unspecified atom stereocenters. The fourth-order valence-electron chi connectivity index (χ4n) is 1.54. The molecule has 0 N–H and O–H groups in total. The van der Waals surface area contributed by atoms with Crippen molar-refractivity contribution in [1.29, 1.82) is 0 Å². The Hall–Kier alpha value is -1.15. The molecule has 0 aliphatic rings. The zero-order valence-electron chi connectivity index (χ0n) is 8.01. The Morgan fingerprint density at radius 1 is 1.29 bits per heavy atom. The molecule has 0 amide bonds. The Morgan fingerprint density at radius 3 is 2.71 bits per heavy atom. The first kappa shape index (κ1) is 9.41. The maximum absolute atomic E-state index is 13.0. The van der Waals surface area contributed by atoms with Gasteiger partial charge >= 0.3 is 0 Å². The molecule has 1 aromatic carbocycles. The molecule has 0 spiro atoms. The van der Waals surface area contributed by atoms with Gasteiger partial charge in [-0.15, -0.1) is 0 Å². The number of aromatic nitrogens is 1. The third-order valence-corrected chi connectivity index (χ3v) is 2.75. The second-order valence-electron chi connectivity index (χ2n) is 3.35. The fraction of sp³-hybridized carbons (Fsp3) is 0.182. The summed E-state index contributed by atoms with van der Waals surface area (Å²) in [6.07, 6.45) is 0. The summed E-state index contributed by atoms with van der Waals surface area (Å²) in [4.78, 5) is 0. The van der Waals surface area contributed by atoms with E-state index in [-0.39, 0.29) is 5.82 Å². The van der Waals surface area contributed by atoms with Crippen molar-refractivity contribution >= 4 is 22.5 Å². The molecule has 1 nitrogen and oxygen atoms in total. The van der Waals surface area contributed by atoms with Gasteiger partial charge in [-0.25, -0.2) is 4.39 Å². The normalized spacial score (nSPS) is 10.9. The average molecular weight is 211 g/mol. The zero-order valence-corrected chi connectivity index (χ0v) is 8.77. The van der Waals surface area contributed by atoms with Gasteiger partial charge in [0, 0.05) is 19.1 Å². The van der Waals surface area contributed by atoms with Crippen molar-refractivity contribution in [3.63, 3.8) is 0 Å². The van der Waals surface area contributed by atoms with E-state index in [1.807, 2.05) is 24.6 Å². The standard InChI is InChI=1S/C11H10ClFN/c1-7-5-10(12)9-6-8(13)3-4-11(9)14(7)2/h3-6H,1-2H3/q+1. The molecule has 72 valence electrons. The number of hydrogen-bond donors (Lipinski definition) is 0. The van der Waals surface area contributed by atoms with Gasteiger partial charge in [-0.3, -0.25) is 0 Å². The van der Waals surface area contributed by atoms with E-state index in [4.69, 9.17) is 11.6 Å². The molecule has 0 atom stereocenters. The highest BCUT2D eigenvalue weighted by Gasteiger charge is 2.12. The van der Waals surface area contributed by atoms with Crippen LogP contribution in [0, 0.1) is 12.7 Å². The van der Waals surface area contributed by atoms with Gasteiger partial charge in [-0.05, 0) is 12.1 Å². The minimum absolute atomic E-state index is 0.261. The molecule has 0 radical (unpaired) electrons. The van der Waals surface area contributed by atoms with Gasteiger partial charge in [-0.1, -0.05) is 11.6 Å². The SMILES string of the molecule is Cc1cc(Cl)c2cc(F)ccc2[n+]1C. The van der Waals surface area contributed by atoms with Gasteiger partial charge in [-0.2, -0.15) is 4.57 Å². The highest BCUT2D eigenvalue weighted by molar-refractivity contribution is 6.35. The van der Waals surface area contributed by atoms with Crippen LogP contribution in [0.25, 0.3) is 10.9 Å². The van der Waals surface area contributed by atoms with Crippen LogP contribution in [0.15, 0.2) is 24.3 Å². The van der Waals surface area contributed by atoms with Gasteiger partial charge in [0.15, 0.2) is 5.69 Å². The second kappa shape index (κ2) is 3.21. The van der Waals surface area contributed by atoms with Gasteiger partial charge in [0.25, 0.3) is 0 Å². The van der Waals surface area contributed by atoms with Crippen molar-refractivity contribution in [3.05, 3.63) is 40.8 Å². The summed E-state index contributed by atoms with van der Waals surface area (Å²) in [6.45, 7) is 1.97. The van der Waals surface area contributed by atoms with Crippen LogP contribution in [0.5, 0.6) is 0 Å². The Morgan fingerprint density at radius 2 is 2.00 bits per heavy atom. The van der Waals surface area contributed by atoms with Crippen molar-refractivity contribution in [2.45, 2.75) is 6.92 Å². The topological polar surface area (TPSA) is 3.88 Å². The first-order valence-corrected chi connectivity index (χ1v) is 4.72. The molecular weight excluding hydrogens is 201 g/mol. The molecule has 0 fully saturated rings. The minimum Gasteiger partial charge on any atom is -0.207 e. The molecule has 2 aromatic rings. The summed E-state index contributed by atoms with van der Waals surface area (Å²) in [7, 11) is 1.94. The van der Waals surface area contributed by atoms with Crippen LogP contribution in [0.3, 0.4) is 0 Å². The number of aryl methyl sites for hydroxylation is 2. The zero-order chi connectivity index (χ0) is 10.3. The number of pyridine rings is 1. The molecule has 0 saturated carbocycles. The molecule has 0 aliphatic heterocycles. The number of nitrogens with zero attached hydrogens (tertiary/aromatic N) is 1. The van der Waals surface area contributed by atoms with E-state index in [0.29, 0.717) is 5.02 Å².